The molecule has 6 nitrogen and oxygen atoms in total. The van der Waals surface area contributed by atoms with Crippen molar-refractivity contribution in [2.45, 2.75) is 32.2 Å². The first kappa shape index (κ1) is 15.8. The predicted molar refractivity (Wildman–Crippen MR) is 82.4 cm³/mol. The zero-order chi connectivity index (χ0) is 15.4. The highest BCUT2D eigenvalue weighted by molar-refractivity contribution is 9.10. The van der Waals surface area contributed by atoms with Gasteiger partial charge in [0.1, 0.15) is 17.4 Å². The Hall–Kier alpha value is -1.63. The van der Waals surface area contributed by atoms with E-state index in [4.69, 9.17) is 0 Å². The summed E-state index contributed by atoms with van der Waals surface area (Å²) in [5.74, 6) is -0.886. The smallest absolute Gasteiger partial charge is 0.339 e. The number of hydrogen-bond donors (Lipinski definition) is 2. The summed E-state index contributed by atoms with van der Waals surface area (Å²) < 4.78 is 0.584. The molecule has 1 atom stereocenters. The average Bonchev–Trinajstić information content (AvgIpc) is 2.49. The van der Waals surface area contributed by atoms with Crippen molar-refractivity contribution in [3.63, 3.8) is 0 Å². The van der Waals surface area contributed by atoms with E-state index in [-0.39, 0.29) is 17.3 Å². The van der Waals surface area contributed by atoms with Crippen molar-refractivity contribution in [3.8, 4) is 0 Å². The number of carboxylic acid groups (broad SMARTS) is 1. The fourth-order valence-electron chi connectivity index (χ4n) is 2.37. The van der Waals surface area contributed by atoms with Gasteiger partial charge in [-0.15, -0.1) is 0 Å². The molecule has 7 heteroatoms. The van der Waals surface area contributed by atoms with Crippen LogP contribution in [0.2, 0.25) is 0 Å². The number of aromatic nitrogens is 1. The summed E-state index contributed by atoms with van der Waals surface area (Å²) in [5, 5.41) is 12.1. The van der Waals surface area contributed by atoms with Crippen LogP contribution in [0, 0.1) is 0 Å². The van der Waals surface area contributed by atoms with Crippen molar-refractivity contribution < 1.29 is 14.7 Å². The zero-order valence-electron chi connectivity index (χ0n) is 11.8. The van der Waals surface area contributed by atoms with E-state index < -0.39 is 12.0 Å². The largest absolute Gasteiger partial charge is 0.478 e. The minimum Gasteiger partial charge on any atom is -0.478 e. The predicted octanol–water partition coefficient (Wildman–Crippen LogP) is 2.36. The SMILES string of the molecule is CC(Nc1ncc(Br)cc1C(=O)O)C(=O)N1CCCCC1. The third-order valence-electron chi connectivity index (χ3n) is 3.48. The molecule has 1 aliphatic rings. The molecule has 1 unspecified atom stereocenters. The lowest BCUT2D eigenvalue weighted by Gasteiger charge is -2.29. The van der Waals surface area contributed by atoms with E-state index in [9.17, 15) is 14.7 Å². The molecule has 21 heavy (non-hydrogen) atoms. The molecule has 2 heterocycles. The van der Waals surface area contributed by atoms with E-state index in [1.807, 2.05) is 4.90 Å². The van der Waals surface area contributed by atoms with Crippen molar-refractivity contribution in [2.75, 3.05) is 18.4 Å². The van der Waals surface area contributed by atoms with E-state index in [0.29, 0.717) is 4.47 Å². The molecule has 1 fully saturated rings. The molecule has 0 spiro atoms. The van der Waals surface area contributed by atoms with Crippen LogP contribution in [0.1, 0.15) is 36.5 Å². The Morgan fingerprint density at radius 2 is 2.05 bits per heavy atom. The lowest BCUT2D eigenvalue weighted by Crippen LogP contribution is -2.44. The van der Waals surface area contributed by atoms with Crippen molar-refractivity contribution in [3.05, 3.63) is 22.3 Å². The van der Waals surface area contributed by atoms with Crippen molar-refractivity contribution in [2.24, 2.45) is 0 Å². The van der Waals surface area contributed by atoms with Gasteiger partial charge in [0.05, 0.1) is 0 Å². The van der Waals surface area contributed by atoms with Gasteiger partial charge in [0.25, 0.3) is 0 Å². The Kier molecular flexibility index (Phi) is 5.17. The first-order valence-electron chi connectivity index (χ1n) is 6.93. The maximum Gasteiger partial charge on any atom is 0.339 e. The molecule has 2 N–H and O–H groups in total. The first-order valence-corrected chi connectivity index (χ1v) is 7.72. The molecule has 0 saturated carbocycles. The summed E-state index contributed by atoms with van der Waals surface area (Å²) in [4.78, 5) is 29.4. The number of anilines is 1. The van der Waals surface area contributed by atoms with Gasteiger partial charge in [-0.2, -0.15) is 0 Å². The van der Waals surface area contributed by atoms with E-state index in [1.54, 1.807) is 6.92 Å². The number of nitrogens with zero attached hydrogens (tertiary/aromatic N) is 2. The molecule has 2 rings (SSSR count). The lowest BCUT2D eigenvalue weighted by molar-refractivity contribution is -0.132. The normalized spacial score (nSPS) is 16.4. The van der Waals surface area contributed by atoms with Gasteiger partial charge in [0.15, 0.2) is 0 Å². The van der Waals surface area contributed by atoms with E-state index in [0.717, 1.165) is 32.4 Å². The number of nitrogens with one attached hydrogen (secondary N) is 1. The molecule has 1 amide bonds. The molecule has 114 valence electrons. The third-order valence-corrected chi connectivity index (χ3v) is 3.91. The first-order chi connectivity index (χ1) is 9.99. The lowest BCUT2D eigenvalue weighted by atomic mass is 10.1. The quantitative estimate of drug-likeness (QED) is 0.866. The van der Waals surface area contributed by atoms with Gasteiger partial charge < -0.3 is 15.3 Å². The second kappa shape index (κ2) is 6.89. The molecule has 1 aromatic heterocycles. The molecule has 1 aromatic rings. The molecular formula is C14H18BrN3O3. The fraction of sp³-hybridized carbons (Fsp3) is 0.500. The van der Waals surface area contributed by atoms with Gasteiger partial charge >= 0.3 is 5.97 Å². The Bertz CT molecular complexity index is 544. The number of carbonyl (C=O) groups excluding carboxylic acids is 1. The molecule has 1 aliphatic heterocycles. The summed E-state index contributed by atoms with van der Waals surface area (Å²) in [6.45, 7) is 3.26. The minimum absolute atomic E-state index is 0.0178. The molecule has 0 radical (unpaired) electrons. The Labute approximate surface area is 131 Å². The van der Waals surface area contributed by atoms with Crippen molar-refractivity contribution in [1.82, 2.24) is 9.88 Å². The average molecular weight is 356 g/mol. The number of amides is 1. The summed E-state index contributed by atoms with van der Waals surface area (Å²) in [6.07, 6.45) is 4.71. The van der Waals surface area contributed by atoms with Crippen LogP contribution in [0.3, 0.4) is 0 Å². The van der Waals surface area contributed by atoms with Crippen LogP contribution in [-0.4, -0.2) is 46.0 Å². The standard InChI is InChI=1S/C14H18BrN3O3/c1-9(13(19)18-5-3-2-4-6-18)17-12-11(14(20)21)7-10(15)8-16-12/h7-9H,2-6H2,1H3,(H,16,17)(H,20,21). The molecule has 0 aliphatic carbocycles. The number of rotatable bonds is 4. The molecule has 0 aromatic carbocycles. The summed E-state index contributed by atoms with van der Waals surface area (Å²) in [5.41, 5.74) is 0.0441. The van der Waals surface area contributed by atoms with Crippen LogP contribution >= 0.6 is 15.9 Å². The monoisotopic (exact) mass is 355 g/mol. The number of likely N-dealkylation sites (tertiary alicyclic amines) is 1. The highest BCUT2D eigenvalue weighted by atomic mass is 79.9. The van der Waals surface area contributed by atoms with Gasteiger partial charge in [0.2, 0.25) is 5.91 Å². The third kappa shape index (κ3) is 3.93. The number of aromatic carboxylic acids is 1. The van der Waals surface area contributed by atoms with Gasteiger partial charge in [-0.05, 0) is 48.2 Å². The Balaban J connectivity index is 2.10. The molecule has 1 saturated heterocycles. The van der Waals surface area contributed by atoms with Gasteiger partial charge in [-0.25, -0.2) is 9.78 Å². The highest BCUT2D eigenvalue weighted by Gasteiger charge is 2.23. The molecular weight excluding hydrogens is 338 g/mol. The van der Waals surface area contributed by atoms with Gasteiger partial charge in [-0.1, -0.05) is 0 Å². The van der Waals surface area contributed by atoms with Gasteiger partial charge in [0, 0.05) is 23.8 Å². The highest BCUT2D eigenvalue weighted by Crippen LogP contribution is 2.19. The van der Waals surface area contributed by atoms with Crippen LogP contribution in [0.25, 0.3) is 0 Å². The number of hydrogen-bond acceptors (Lipinski definition) is 4. The van der Waals surface area contributed by atoms with Crippen LogP contribution in [0.15, 0.2) is 16.7 Å². The number of carboxylic acids is 1. The second-order valence-corrected chi connectivity index (χ2v) is 6.02. The number of halogens is 1. The zero-order valence-corrected chi connectivity index (χ0v) is 13.4. The van der Waals surface area contributed by atoms with Crippen molar-refractivity contribution in [1.29, 1.82) is 0 Å². The number of carbonyl (C=O) groups is 2. The van der Waals surface area contributed by atoms with Crippen LogP contribution in [-0.2, 0) is 4.79 Å². The molecule has 0 bridgehead atoms. The number of pyridine rings is 1. The van der Waals surface area contributed by atoms with E-state index >= 15 is 0 Å². The van der Waals surface area contributed by atoms with Crippen LogP contribution in [0.4, 0.5) is 5.82 Å². The van der Waals surface area contributed by atoms with E-state index in [1.165, 1.54) is 12.3 Å². The second-order valence-electron chi connectivity index (χ2n) is 5.11. The minimum atomic E-state index is -1.08. The van der Waals surface area contributed by atoms with Crippen LogP contribution in [0.5, 0.6) is 0 Å². The maximum atomic E-state index is 12.3. The summed E-state index contributed by atoms with van der Waals surface area (Å²) in [6, 6.07) is 0.963. The summed E-state index contributed by atoms with van der Waals surface area (Å²) in [7, 11) is 0. The maximum absolute atomic E-state index is 12.3. The van der Waals surface area contributed by atoms with E-state index in [2.05, 4.69) is 26.2 Å². The summed E-state index contributed by atoms with van der Waals surface area (Å²) >= 11 is 3.19. The fourth-order valence-corrected chi connectivity index (χ4v) is 2.70. The van der Waals surface area contributed by atoms with Crippen LogP contribution < -0.4 is 5.32 Å². The Morgan fingerprint density at radius 3 is 2.67 bits per heavy atom. The van der Waals surface area contributed by atoms with Gasteiger partial charge in [-0.3, -0.25) is 4.79 Å². The topological polar surface area (TPSA) is 82.5 Å². The Morgan fingerprint density at radius 1 is 1.38 bits per heavy atom. The van der Waals surface area contributed by atoms with Crippen molar-refractivity contribution >= 4 is 33.6 Å². The number of piperidine rings is 1.